The Labute approximate surface area is 146 Å². The zero-order valence-corrected chi connectivity index (χ0v) is 13.9. The minimum Gasteiger partial charge on any atom is -0.452 e. The van der Waals surface area contributed by atoms with Crippen LogP contribution >= 0.6 is 0 Å². The van der Waals surface area contributed by atoms with E-state index >= 15 is 0 Å². The molecule has 1 atom stereocenters. The monoisotopic (exact) mass is 333 g/mol. The number of ether oxygens (including phenoxy) is 1. The third kappa shape index (κ3) is 4.04. The summed E-state index contributed by atoms with van der Waals surface area (Å²) in [5, 5.41) is 5.10. The fraction of sp³-hybridized carbons (Fsp3) is 0.143. The molecule has 126 valence electrons. The van der Waals surface area contributed by atoms with Gasteiger partial charge in [0.2, 0.25) is 0 Å². The van der Waals surface area contributed by atoms with Crippen molar-refractivity contribution < 1.29 is 14.3 Å². The van der Waals surface area contributed by atoms with Crippen molar-refractivity contribution in [3.63, 3.8) is 0 Å². The number of carbonyl (C=O) groups excluding carboxylic acids is 2. The first-order valence-electron chi connectivity index (χ1n) is 8.14. The molecule has 4 heteroatoms. The van der Waals surface area contributed by atoms with Crippen LogP contribution in [-0.4, -0.2) is 18.5 Å². The average molecular weight is 333 g/mol. The summed E-state index contributed by atoms with van der Waals surface area (Å²) in [5.41, 5.74) is 1.46. The summed E-state index contributed by atoms with van der Waals surface area (Å²) >= 11 is 0. The average Bonchev–Trinajstić information content (AvgIpc) is 2.66. The molecule has 0 aliphatic rings. The van der Waals surface area contributed by atoms with Gasteiger partial charge in [-0.2, -0.15) is 0 Å². The topological polar surface area (TPSA) is 55.4 Å². The molecule has 25 heavy (non-hydrogen) atoms. The van der Waals surface area contributed by atoms with Crippen LogP contribution in [0.3, 0.4) is 0 Å². The van der Waals surface area contributed by atoms with Gasteiger partial charge in [-0.25, -0.2) is 4.79 Å². The highest BCUT2D eigenvalue weighted by Crippen LogP contribution is 2.23. The summed E-state index contributed by atoms with van der Waals surface area (Å²) < 4.78 is 5.06. The SMILES string of the molecule is CC(NC(=O)COC(=O)c1ccccc1)c1cccc2ccccc12. The fourth-order valence-electron chi connectivity index (χ4n) is 2.78. The van der Waals surface area contributed by atoms with Gasteiger partial charge in [-0.15, -0.1) is 0 Å². The van der Waals surface area contributed by atoms with E-state index in [9.17, 15) is 9.59 Å². The number of hydrogen-bond acceptors (Lipinski definition) is 3. The van der Waals surface area contributed by atoms with Crippen molar-refractivity contribution in [3.8, 4) is 0 Å². The summed E-state index contributed by atoms with van der Waals surface area (Å²) in [7, 11) is 0. The van der Waals surface area contributed by atoms with E-state index in [1.807, 2.05) is 55.5 Å². The molecule has 0 saturated carbocycles. The van der Waals surface area contributed by atoms with Crippen molar-refractivity contribution in [1.29, 1.82) is 0 Å². The number of amides is 1. The maximum Gasteiger partial charge on any atom is 0.338 e. The second-order valence-corrected chi connectivity index (χ2v) is 5.80. The van der Waals surface area contributed by atoms with Gasteiger partial charge >= 0.3 is 5.97 Å². The van der Waals surface area contributed by atoms with Gasteiger partial charge in [-0.3, -0.25) is 4.79 Å². The molecule has 1 amide bonds. The van der Waals surface area contributed by atoms with Crippen molar-refractivity contribution >= 4 is 22.6 Å². The molecule has 3 rings (SSSR count). The molecule has 0 aliphatic carbocycles. The van der Waals surface area contributed by atoms with Crippen LogP contribution in [0.2, 0.25) is 0 Å². The molecule has 0 spiro atoms. The van der Waals surface area contributed by atoms with E-state index in [0.717, 1.165) is 16.3 Å². The predicted octanol–water partition coefficient (Wildman–Crippen LogP) is 3.87. The lowest BCUT2D eigenvalue weighted by molar-refractivity contribution is -0.124. The van der Waals surface area contributed by atoms with E-state index in [-0.39, 0.29) is 18.6 Å². The van der Waals surface area contributed by atoms with Gasteiger partial charge in [0.1, 0.15) is 0 Å². The Balaban J connectivity index is 1.61. The fourth-order valence-corrected chi connectivity index (χ4v) is 2.78. The van der Waals surface area contributed by atoms with Crippen LogP contribution in [0.4, 0.5) is 0 Å². The largest absolute Gasteiger partial charge is 0.452 e. The van der Waals surface area contributed by atoms with Gasteiger partial charge in [0, 0.05) is 0 Å². The van der Waals surface area contributed by atoms with Crippen molar-refractivity contribution in [2.45, 2.75) is 13.0 Å². The highest BCUT2D eigenvalue weighted by molar-refractivity contribution is 5.91. The van der Waals surface area contributed by atoms with Crippen LogP contribution in [0.1, 0.15) is 28.9 Å². The summed E-state index contributed by atoms with van der Waals surface area (Å²) in [6, 6.07) is 22.5. The predicted molar refractivity (Wildman–Crippen MR) is 97.2 cm³/mol. The smallest absolute Gasteiger partial charge is 0.338 e. The van der Waals surface area contributed by atoms with Crippen molar-refractivity contribution in [3.05, 3.63) is 83.9 Å². The van der Waals surface area contributed by atoms with E-state index in [2.05, 4.69) is 5.32 Å². The molecular weight excluding hydrogens is 314 g/mol. The number of carbonyl (C=O) groups is 2. The lowest BCUT2D eigenvalue weighted by atomic mass is 10.00. The summed E-state index contributed by atoms with van der Waals surface area (Å²) in [4.78, 5) is 24.0. The second-order valence-electron chi connectivity index (χ2n) is 5.80. The molecule has 0 radical (unpaired) electrons. The maximum atomic E-state index is 12.1. The maximum absolute atomic E-state index is 12.1. The number of benzene rings is 3. The Morgan fingerprint density at radius 1 is 0.920 bits per heavy atom. The highest BCUT2D eigenvalue weighted by atomic mass is 16.5. The second kappa shape index (κ2) is 7.62. The van der Waals surface area contributed by atoms with E-state index in [1.54, 1.807) is 24.3 Å². The van der Waals surface area contributed by atoms with Crippen LogP contribution in [0.15, 0.2) is 72.8 Å². The third-order valence-electron chi connectivity index (χ3n) is 4.01. The Hall–Kier alpha value is -3.14. The third-order valence-corrected chi connectivity index (χ3v) is 4.01. The first kappa shape index (κ1) is 16.7. The van der Waals surface area contributed by atoms with Gasteiger partial charge in [0.15, 0.2) is 6.61 Å². The van der Waals surface area contributed by atoms with Gasteiger partial charge in [0.25, 0.3) is 5.91 Å². The number of nitrogens with one attached hydrogen (secondary N) is 1. The quantitative estimate of drug-likeness (QED) is 0.721. The molecule has 3 aromatic rings. The zero-order chi connectivity index (χ0) is 17.6. The molecule has 0 fully saturated rings. The van der Waals surface area contributed by atoms with Crippen LogP contribution in [0, 0.1) is 0 Å². The van der Waals surface area contributed by atoms with Crippen LogP contribution in [0.5, 0.6) is 0 Å². The Bertz CT molecular complexity index is 885. The standard InChI is InChI=1S/C21H19NO3/c1-15(18-13-7-11-16-8-5-6-12-19(16)18)22-20(23)14-25-21(24)17-9-3-2-4-10-17/h2-13,15H,14H2,1H3,(H,22,23). The minimum atomic E-state index is -0.506. The molecule has 3 aromatic carbocycles. The molecule has 1 unspecified atom stereocenters. The number of hydrogen-bond donors (Lipinski definition) is 1. The summed E-state index contributed by atoms with van der Waals surface area (Å²) in [6.07, 6.45) is 0. The molecule has 4 nitrogen and oxygen atoms in total. The molecule has 0 heterocycles. The lowest BCUT2D eigenvalue weighted by Gasteiger charge is -2.16. The molecule has 0 aliphatic heterocycles. The van der Waals surface area contributed by atoms with E-state index < -0.39 is 5.97 Å². The number of esters is 1. The van der Waals surface area contributed by atoms with Crippen molar-refractivity contribution in [2.75, 3.05) is 6.61 Å². The van der Waals surface area contributed by atoms with E-state index in [4.69, 9.17) is 4.74 Å². The van der Waals surface area contributed by atoms with E-state index in [1.165, 1.54) is 0 Å². The Kier molecular flexibility index (Phi) is 5.09. The van der Waals surface area contributed by atoms with Gasteiger partial charge in [-0.05, 0) is 35.4 Å². The number of rotatable bonds is 5. The van der Waals surface area contributed by atoms with E-state index in [0.29, 0.717) is 5.56 Å². The van der Waals surface area contributed by atoms with Gasteiger partial charge < -0.3 is 10.1 Å². The Morgan fingerprint density at radius 3 is 2.40 bits per heavy atom. The van der Waals surface area contributed by atoms with Gasteiger partial charge in [0.05, 0.1) is 11.6 Å². The number of fused-ring (bicyclic) bond motifs is 1. The highest BCUT2D eigenvalue weighted by Gasteiger charge is 2.14. The first-order valence-corrected chi connectivity index (χ1v) is 8.14. The molecule has 0 bridgehead atoms. The van der Waals surface area contributed by atoms with Crippen LogP contribution in [0.25, 0.3) is 10.8 Å². The lowest BCUT2D eigenvalue weighted by Crippen LogP contribution is -2.31. The Morgan fingerprint density at radius 2 is 1.60 bits per heavy atom. The molecule has 0 aromatic heterocycles. The summed E-state index contributed by atoms with van der Waals surface area (Å²) in [6.45, 7) is 1.61. The molecular formula is C21H19NO3. The normalized spacial score (nSPS) is 11.7. The summed E-state index contributed by atoms with van der Waals surface area (Å²) in [5.74, 6) is -0.835. The molecule has 1 N–H and O–H groups in total. The van der Waals surface area contributed by atoms with Crippen molar-refractivity contribution in [1.82, 2.24) is 5.32 Å². The van der Waals surface area contributed by atoms with Crippen LogP contribution < -0.4 is 5.32 Å². The van der Waals surface area contributed by atoms with Crippen molar-refractivity contribution in [2.24, 2.45) is 0 Å². The zero-order valence-electron chi connectivity index (χ0n) is 13.9. The first-order chi connectivity index (χ1) is 12.1. The van der Waals surface area contributed by atoms with Gasteiger partial charge in [-0.1, -0.05) is 60.7 Å². The van der Waals surface area contributed by atoms with Crippen LogP contribution in [-0.2, 0) is 9.53 Å². The minimum absolute atomic E-state index is 0.186. The molecule has 0 saturated heterocycles.